The van der Waals surface area contributed by atoms with E-state index in [9.17, 15) is 14.4 Å². The molecule has 2 atom stereocenters. The van der Waals surface area contributed by atoms with Gasteiger partial charge in [-0.15, -0.1) is 0 Å². The first kappa shape index (κ1) is 23.9. The number of aliphatic imine (C=N–C) groups is 1. The maximum absolute atomic E-state index is 13.3. The van der Waals surface area contributed by atoms with Crippen LogP contribution in [0.4, 0.5) is 0 Å². The molecule has 0 fully saturated rings. The minimum atomic E-state index is -0.653. The Morgan fingerprint density at radius 2 is 1.81 bits per heavy atom. The number of esters is 2. The topological polar surface area (TPSA) is 82.0 Å². The molecule has 0 N–H and O–H groups in total. The summed E-state index contributed by atoms with van der Waals surface area (Å²) in [6.07, 6.45) is 3.95. The summed E-state index contributed by atoms with van der Waals surface area (Å²) in [5, 5.41) is 0. The van der Waals surface area contributed by atoms with Gasteiger partial charge in [-0.1, -0.05) is 45.7 Å². The van der Waals surface area contributed by atoms with Crippen molar-refractivity contribution in [3.05, 3.63) is 41.1 Å². The Kier molecular flexibility index (Phi) is 7.32. The number of hydrogen-bond acceptors (Lipinski definition) is 6. The second-order valence-corrected chi connectivity index (χ2v) is 9.55. The highest BCUT2D eigenvalue weighted by Crippen LogP contribution is 2.48. The third-order valence-corrected chi connectivity index (χ3v) is 6.05. The second kappa shape index (κ2) is 9.80. The number of nitrogens with zero attached hydrogens (tertiary/aromatic N) is 1. The number of benzene rings is 1. The number of carbonyl (C=O) groups is 3. The van der Waals surface area contributed by atoms with Gasteiger partial charge in [-0.3, -0.25) is 19.4 Å². The van der Waals surface area contributed by atoms with Gasteiger partial charge in [-0.2, -0.15) is 0 Å². The van der Waals surface area contributed by atoms with Crippen LogP contribution in [0.1, 0.15) is 78.2 Å². The molecule has 6 nitrogen and oxygen atoms in total. The molecule has 1 aromatic rings. The maximum Gasteiger partial charge on any atom is 0.315 e. The van der Waals surface area contributed by atoms with Crippen molar-refractivity contribution in [2.75, 3.05) is 6.61 Å². The SMILES string of the molecule is CCCCCOC(=O)C1C(C)=NC2=C(C(=O)CC(C)(C)C2)[C@H]1c1ccc(OC(C)=O)cc1. The number of Topliss-reactive ketones (excluding diaryl/α,β-unsaturated/α-hetero) is 1. The zero-order valence-corrected chi connectivity index (χ0v) is 19.7. The van der Waals surface area contributed by atoms with E-state index in [2.05, 4.69) is 20.8 Å². The highest BCUT2D eigenvalue weighted by Gasteiger charge is 2.46. The van der Waals surface area contributed by atoms with Gasteiger partial charge in [0.25, 0.3) is 0 Å². The Morgan fingerprint density at radius 3 is 2.44 bits per heavy atom. The van der Waals surface area contributed by atoms with Crippen LogP contribution in [0.15, 0.2) is 40.5 Å². The van der Waals surface area contributed by atoms with Crippen LogP contribution in [0.3, 0.4) is 0 Å². The summed E-state index contributed by atoms with van der Waals surface area (Å²) in [6.45, 7) is 9.78. The lowest BCUT2D eigenvalue weighted by Crippen LogP contribution is -2.39. The van der Waals surface area contributed by atoms with Crippen LogP contribution in [-0.4, -0.2) is 30.0 Å². The van der Waals surface area contributed by atoms with E-state index in [1.54, 1.807) is 12.1 Å². The van der Waals surface area contributed by atoms with E-state index in [0.29, 0.717) is 36.5 Å². The van der Waals surface area contributed by atoms with E-state index >= 15 is 0 Å². The van der Waals surface area contributed by atoms with Crippen molar-refractivity contribution in [1.82, 2.24) is 0 Å². The van der Waals surface area contributed by atoms with Gasteiger partial charge in [0, 0.05) is 36.2 Å². The quantitative estimate of drug-likeness (QED) is 0.333. The number of ketones is 1. The molecular weight excluding hydrogens is 406 g/mol. The van der Waals surface area contributed by atoms with Crippen LogP contribution < -0.4 is 4.74 Å². The molecule has 172 valence electrons. The van der Waals surface area contributed by atoms with Crippen LogP contribution in [0.25, 0.3) is 0 Å². The molecule has 0 saturated carbocycles. The lowest BCUT2D eigenvalue weighted by atomic mass is 9.67. The zero-order chi connectivity index (χ0) is 23.5. The smallest absolute Gasteiger partial charge is 0.315 e. The number of hydrogen-bond donors (Lipinski definition) is 0. The number of rotatable bonds is 7. The molecular formula is C26H33NO5. The van der Waals surface area contributed by atoms with Crippen molar-refractivity contribution < 1.29 is 23.9 Å². The standard InChI is InChI=1S/C26H33NO5/c1-6-7-8-13-31-25(30)22-16(2)27-20-14-26(4,5)15-21(29)24(20)23(22)18-9-11-19(12-10-18)32-17(3)28/h9-12,22-23H,6-8,13-15H2,1-5H3/t22?,23-/m0/s1. The average Bonchev–Trinajstić information content (AvgIpc) is 2.69. The lowest BCUT2D eigenvalue weighted by molar-refractivity contribution is -0.146. The van der Waals surface area contributed by atoms with Crippen molar-refractivity contribution in [2.45, 2.75) is 72.6 Å². The van der Waals surface area contributed by atoms with Crippen molar-refractivity contribution in [3.8, 4) is 5.75 Å². The Balaban J connectivity index is 2.00. The molecule has 1 unspecified atom stereocenters. The highest BCUT2D eigenvalue weighted by molar-refractivity contribution is 6.09. The number of ether oxygens (including phenoxy) is 2. The molecule has 1 aliphatic heterocycles. The molecule has 0 radical (unpaired) electrons. The monoisotopic (exact) mass is 439 g/mol. The molecule has 6 heteroatoms. The third-order valence-electron chi connectivity index (χ3n) is 6.05. The second-order valence-electron chi connectivity index (χ2n) is 9.55. The van der Waals surface area contributed by atoms with E-state index in [-0.39, 0.29) is 17.2 Å². The minimum absolute atomic E-state index is 0.0327. The maximum atomic E-state index is 13.3. The Morgan fingerprint density at radius 1 is 1.12 bits per heavy atom. The van der Waals surface area contributed by atoms with Crippen LogP contribution in [0, 0.1) is 11.3 Å². The summed E-state index contributed by atoms with van der Waals surface area (Å²) in [4.78, 5) is 42.4. The number of allylic oxidation sites excluding steroid dienone is 2. The molecule has 32 heavy (non-hydrogen) atoms. The van der Waals surface area contributed by atoms with Gasteiger partial charge in [0.15, 0.2) is 5.78 Å². The molecule has 1 heterocycles. The van der Waals surface area contributed by atoms with Crippen molar-refractivity contribution in [1.29, 1.82) is 0 Å². The van der Waals surface area contributed by atoms with E-state index in [0.717, 1.165) is 30.5 Å². The lowest BCUT2D eigenvalue weighted by Gasteiger charge is -2.39. The summed E-state index contributed by atoms with van der Waals surface area (Å²) in [6, 6.07) is 7.02. The van der Waals surface area contributed by atoms with Crippen LogP contribution >= 0.6 is 0 Å². The summed E-state index contributed by atoms with van der Waals surface area (Å²) in [5.74, 6) is -1.41. The van der Waals surface area contributed by atoms with Crippen molar-refractivity contribution in [2.24, 2.45) is 16.3 Å². The molecule has 0 saturated heterocycles. The van der Waals surface area contributed by atoms with Gasteiger partial charge >= 0.3 is 11.9 Å². The van der Waals surface area contributed by atoms with Crippen LogP contribution in [0.5, 0.6) is 5.75 Å². The van der Waals surface area contributed by atoms with Crippen molar-refractivity contribution in [3.63, 3.8) is 0 Å². The molecule has 0 bridgehead atoms. The van der Waals surface area contributed by atoms with E-state index in [4.69, 9.17) is 14.5 Å². The van der Waals surface area contributed by atoms with Gasteiger partial charge in [0.2, 0.25) is 0 Å². The fourth-order valence-corrected chi connectivity index (χ4v) is 4.63. The molecule has 1 aromatic carbocycles. The molecule has 0 spiro atoms. The third kappa shape index (κ3) is 5.34. The zero-order valence-electron chi connectivity index (χ0n) is 19.7. The number of carbonyl (C=O) groups excluding carboxylic acids is 3. The fraction of sp³-hybridized carbons (Fsp3) is 0.538. The van der Waals surface area contributed by atoms with E-state index in [1.165, 1.54) is 6.92 Å². The van der Waals surface area contributed by atoms with Crippen molar-refractivity contribution >= 4 is 23.4 Å². The first-order chi connectivity index (χ1) is 15.1. The molecule has 3 rings (SSSR count). The normalized spacial score (nSPS) is 22.2. The highest BCUT2D eigenvalue weighted by atomic mass is 16.5. The molecule has 2 aliphatic rings. The Hall–Kier alpha value is -2.76. The largest absolute Gasteiger partial charge is 0.465 e. The van der Waals surface area contributed by atoms with Crippen LogP contribution in [-0.2, 0) is 19.1 Å². The van der Waals surface area contributed by atoms with Gasteiger partial charge < -0.3 is 9.47 Å². The van der Waals surface area contributed by atoms with E-state index < -0.39 is 17.8 Å². The van der Waals surface area contributed by atoms with E-state index in [1.807, 2.05) is 19.1 Å². The summed E-state index contributed by atoms with van der Waals surface area (Å²) in [5.41, 5.74) is 2.70. The molecule has 1 aliphatic carbocycles. The summed E-state index contributed by atoms with van der Waals surface area (Å²) >= 11 is 0. The predicted molar refractivity (Wildman–Crippen MR) is 123 cm³/mol. The first-order valence-corrected chi connectivity index (χ1v) is 11.4. The van der Waals surface area contributed by atoms with Crippen LogP contribution in [0.2, 0.25) is 0 Å². The molecule has 0 aromatic heterocycles. The Bertz CT molecular complexity index is 955. The average molecular weight is 440 g/mol. The molecule has 0 amide bonds. The Labute approximate surface area is 190 Å². The van der Waals surface area contributed by atoms with Gasteiger partial charge in [-0.25, -0.2) is 0 Å². The van der Waals surface area contributed by atoms with Gasteiger partial charge in [0.05, 0.1) is 6.61 Å². The van der Waals surface area contributed by atoms with Gasteiger partial charge in [0.1, 0.15) is 11.7 Å². The summed E-state index contributed by atoms with van der Waals surface area (Å²) in [7, 11) is 0. The minimum Gasteiger partial charge on any atom is -0.465 e. The number of unbranched alkanes of at least 4 members (excludes halogenated alkanes) is 2. The first-order valence-electron chi connectivity index (χ1n) is 11.4. The fourth-order valence-electron chi connectivity index (χ4n) is 4.63. The van der Waals surface area contributed by atoms with Gasteiger partial charge in [-0.05, 0) is 42.9 Å². The predicted octanol–water partition coefficient (Wildman–Crippen LogP) is 5.16. The summed E-state index contributed by atoms with van der Waals surface area (Å²) < 4.78 is 10.8.